The quantitative estimate of drug-likeness (QED) is 0.840. The van der Waals surface area contributed by atoms with Crippen LogP contribution in [0.4, 0.5) is 17.6 Å². The highest BCUT2D eigenvalue weighted by molar-refractivity contribution is 9.10. The maximum Gasteiger partial charge on any atom is 0.415 e. The van der Waals surface area contributed by atoms with Gasteiger partial charge in [-0.1, -0.05) is 21.1 Å². The van der Waals surface area contributed by atoms with Gasteiger partial charge in [0.25, 0.3) is 5.89 Å². The maximum absolute atomic E-state index is 13.2. The Bertz CT molecular complexity index is 619. The maximum atomic E-state index is 13.2. The van der Waals surface area contributed by atoms with Gasteiger partial charge in [0.2, 0.25) is 5.82 Å². The molecule has 20 heavy (non-hydrogen) atoms. The van der Waals surface area contributed by atoms with E-state index >= 15 is 0 Å². The highest BCUT2D eigenvalue weighted by atomic mass is 79.9. The number of rotatable bonds is 2. The number of nitrogens with zero attached hydrogens (tertiary/aromatic N) is 2. The van der Waals surface area contributed by atoms with E-state index in [1.54, 1.807) is 0 Å². The summed E-state index contributed by atoms with van der Waals surface area (Å²) >= 11 is 3.06. The van der Waals surface area contributed by atoms with E-state index in [1.807, 2.05) is 0 Å². The molecule has 0 bridgehead atoms. The highest BCUT2D eigenvalue weighted by Gasteiger charge is 2.53. The summed E-state index contributed by atoms with van der Waals surface area (Å²) in [6.07, 6.45) is -4.75. The second kappa shape index (κ2) is 4.81. The SMILES string of the molecule is CC(N)(c1nc(-c2cc(F)cc(Br)c2)no1)C(F)(F)F. The minimum Gasteiger partial charge on any atom is -0.337 e. The predicted molar refractivity (Wildman–Crippen MR) is 65.0 cm³/mol. The van der Waals surface area contributed by atoms with Gasteiger partial charge in [-0.2, -0.15) is 18.2 Å². The van der Waals surface area contributed by atoms with Crippen LogP contribution in [-0.4, -0.2) is 16.3 Å². The molecule has 0 radical (unpaired) electrons. The van der Waals surface area contributed by atoms with Crippen molar-refractivity contribution in [3.63, 3.8) is 0 Å². The van der Waals surface area contributed by atoms with E-state index in [4.69, 9.17) is 5.73 Å². The van der Waals surface area contributed by atoms with Crippen molar-refractivity contribution in [2.75, 3.05) is 0 Å². The third kappa shape index (κ3) is 2.68. The summed E-state index contributed by atoms with van der Waals surface area (Å²) in [5.74, 6) is -1.56. The summed E-state index contributed by atoms with van der Waals surface area (Å²) in [7, 11) is 0. The highest BCUT2D eigenvalue weighted by Crippen LogP contribution is 2.36. The second-order valence-corrected chi connectivity index (χ2v) is 5.20. The Morgan fingerprint density at radius 3 is 2.45 bits per heavy atom. The van der Waals surface area contributed by atoms with E-state index in [0.29, 0.717) is 11.4 Å². The molecule has 2 aromatic rings. The van der Waals surface area contributed by atoms with Gasteiger partial charge in [0.1, 0.15) is 5.82 Å². The second-order valence-electron chi connectivity index (χ2n) is 4.28. The molecule has 0 amide bonds. The number of benzene rings is 1. The van der Waals surface area contributed by atoms with Crippen LogP contribution in [-0.2, 0) is 5.54 Å². The van der Waals surface area contributed by atoms with Crippen molar-refractivity contribution in [3.8, 4) is 11.4 Å². The fraction of sp³-hybridized carbons (Fsp3) is 0.273. The van der Waals surface area contributed by atoms with Gasteiger partial charge < -0.3 is 10.3 Å². The van der Waals surface area contributed by atoms with Gasteiger partial charge in [-0.25, -0.2) is 4.39 Å². The lowest BCUT2D eigenvalue weighted by Gasteiger charge is -2.22. The van der Waals surface area contributed by atoms with E-state index in [1.165, 1.54) is 12.1 Å². The van der Waals surface area contributed by atoms with Crippen molar-refractivity contribution in [3.05, 3.63) is 34.4 Å². The zero-order valence-corrected chi connectivity index (χ0v) is 11.6. The minimum atomic E-state index is -4.75. The Hall–Kier alpha value is -1.48. The Labute approximate surface area is 119 Å². The van der Waals surface area contributed by atoms with Crippen LogP contribution in [0.15, 0.2) is 27.2 Å². The molecule has 0 aliphatic heterocycles. The number of hydrogen-bond acceptors (Lipinski definition) is 4. The molecule has 0 spiro atoms. The molecule has 1 atom stereocenters. The fourth-order valence-electron chi connectivity index (χ4n) is 1.36. The molecule has 9 heteroatoms. The Balaban J connectivity index is 2.43. The first-order valence-corrected chi connectivity index (χ1v) is 6.07. The lowest BCUT2D eigenvalue weighted by atomic mass is 10.0. The van der Waals surface area contributed by atoms with Gasteiger partial charge in [0.15, 0.2) is 5.54 Å². The average molecular weight is 354 g/mol. The van der Waals surface area contributed by atoms with Crippen LogP contribution in [0, 0.1) is 5.82 Å². The van der Waals surface area contributed by atoms with Gasteiger partial charge in [0, 0.05) is 10.0 Å². The number of hydrogen-bond donors (Lipinski definition) is 1. The largest absolute Gasteiger partial charge is 0.415 e. The predicted octanol–water partition coefficient (Wildman–Crippen LogP) is 3.37. The van der Waals surface area contributed by atoms with Crippen molar-refractivity contribution in [1.29, 1.82) is 0 Å². The molecule has 108 valence electrons. The van der Waals surface area contributed by atoms with E-state index < -0.39 is 23.4 Å². The van der Waals surface area contributed by atoms with Crippen LogP contribution in [0.25, 0.3) is 11.4 Å². The smallest absolute Gasteiger partial charge is 0.337 e. The zero-order chi connectivity index (χ0) is 15.1. The molecule has 1 aromatic heterocycles. The summed E-state index contributed by atoms with van der Waals surface area (Å²) in [6, 6.07) is 3.70. The Kier molecular flexibility index (Phi) is 3.59. The number of aromatic nitrogens is 2. The van der Waals surface area contributed by atoms with Crippen molar-refractivity contribution >= 4 is 15.9 Å². The molecule has 4 nitrogen and oxygen atoms in total. The molecule has 2 N–H and O–H groups in total. The fourth-order valence-corrected chi connectivity index (χ4v) is 1.82. The molecule has 1 unspecified atom stereocenters. The van der Waals surface area contributed by atoms with Gasteiger partial charge in [-0.15, -0.1) is 0 Å². The number of nitrogens with two attached hydrogens (primary N) is 1. The zero-order valence-electron chi connectivity index (χ0n) is 10.0. The van der Waals surface area contributed by atoms with E-state index in [9.17, 15) is 17.6 Å². The first kappa shape index (κ1) is 14.9. The first-order valence-electron chi connectivity index (χ1n) is 5.27. The van der Waals surface area contributed by atoms with E-state index in [0.717, 1.165) is 6.07 Å². The van der Waals surface area contributed by atoms with Crippen LogP contribution < -0.4 is 5.73 Å². The Morgan fingerprint density at radius 1 is 1.25 bits per heavy atom. The monoisotopic (exact) mass is 353 g/mol. The topological polar surface area (TPSA) is 64.9 Å². The Morgan fingerprint density at radius 2 is 1.90 bits per heavy atom. The van der Waals surface area contributed by atoms with Crippen molar-refractivity contribution in [2.24, 2.45) is 5.73 Å². The molecular formula is C11H8BrF4N3O. The minimum absolute atomic E-state index is 0.171. The average Bonchev–Trinajstić information content (AvgIpc) is 2.75. The van der Waals surface area contributed by atoms with Gasteiger partial charge in [-0.3, -0.25) is 0 Å². The van der Waals surface area contributed by atoms with Gasteiger partial charge in [0.05, 0.1) is 0 Å². The van der Waals surface area contributed by atoms with Crippen LogP contribution >= 0.6 is 15.9 Å². The van der Waals surface area contributed by atoms with Gasteiger partial charge in [-0.05, 0) is 25.1 Å². The first-order chi connectivity index (χ1) is 9.11. The summed E-state index contributed by atoms with van der Waals surface area (Å²) < 4.78 is 56.4. The van der Waals surface area contributed by atoms with E-state index in [-0.39, 0.29) is 11.4 Å². The van der Waals surface area contributed by atoms with Crippen LogP contribution in [0.3, 0.4) is 0 Å². The third-order valence-corrected chi connectivity index (χ3v) is 3.04. The summed E-state index contributed by atoms with van der Waals surface area (Å²) in [5.41, 5.74) is 2.56. The molecule has 1 heterocycles. The van der Waals surface area contributed by atoms with Crippen LogP contribution in [0.2, 0.25) is 0 Å². The lowest BCUT2D eigenvalue weighted by molar-refractivity contribution is -0.190. The van der Waals surface area contributed by atoms with Crippen molar-refractivity contribution < 1.29 is 22.1 Å². The molecule has 0 saturated carbocycles. The molecule has 0 aliphatic rings. The lowest BCUT2D eigenvalue weighted by Crippen LogP contribution is -2.47. The molecule has 1 aromatic carbocycles. The van der Waals surface area contributed by atoms with Crippen molar-refractivity contribution in [1.82, 2.24) is 10.1 Å². The summed E-state index contributed by atoms with van der Waals surface area (Å²) in [6.45, 7) is 0.714. The van der Waals surface area contributed by atoms with Gasteiger partial charge >= 0.3 is 6.18 Å². The van der Waals surface area contributed by atoms with Crippen LogP contribution in [0.1, 0.15) is 12.8 Å². The molecular weight excluding hydrogens is 346 g/mol. The number of alkyl halides is 3. The summed E-state index contributed by atoms with van der Waals surface area (Å²) in [5, 5.41) is 3.39. The van der Waals surface area contributed by atoms with Crippen molar-refractivity contribution in [2.45, 2.75) is 18.6 Å². The summed E-state index contributed by atoms with van der Waals surface area (Å²) in [4.78, 5) is 3.59. The number of halogens is 5. The van der Waals surface area contributed by atoms with E-state index in [2.05, 4.69) is 30.6 Å². The standard InChI is InChI=1S/C11H8BrF4N3O/c1-10(17,11(14,15)16)9-18-8(19-20-9)5-2-6(12)4-7(13)3-5/h2-4H,17H2,1H3. The molecule has 2 rings (SSSR count). The van der Waals surface area contributed by atoms with Crippen LogP contribution in [0.5, 0.6) is 0 Å². The molecule has 0 saturated heterocycles. The molecule has 0 aliphatic carbocycles. The normalized spacial score (nSPS) is 15.2. The molecule has 0 fully saturated rings. The third-order valence-electron chi connectivity index (χ3n) is 2.58.